The summed E-state index contributed by atoms with van der Waals surface area (Å²) < 4.78 is 5.85. The molecule has 1 unspecified atom stereocenters. The summed E-state index contributed by atoms with van der Waals surface area (Å²) >= 11 is 0. The van der Waals surface area contributed by atoms with Crippen LogP contribution in [0.4, 0.5) is 0 Å². The Morgan fingerprint density at radius 1 is 1.09 bits per heavy atom. The molecule has 23 heavy (non-hydrogen) atoms. The lowest BCUT2D eigenvalue weighted by Crippen LogP contribution is -2.44. The van der Waals surface area contributed by atoms with E-state index in [2.05, 4.69) is 46.8 Å². The average Bonchev–Trinajstić information content (AvgIpc) is 2.93. The van der Waals surface area contributed by atoms with Crippen LogP contribution in [0, 0.1) is 22.7 Å². The number of rotatable bonds is 3. The van der Waals surface area contributed by atoms with Gasteiger partial charge >= 0.3 is 0 Å². The fourth-order valence-corrected chi connectivity index (χ4v) is 4.79. The highest BCUT2D eigenvalue weighted by atomic mass is 16.5. The molecule has 3 aliphatic rings. The Morgan fingerprint density at radius 3 is 2.26 bits per heavy atom. The quantitative estimate of drug-likeness (QED) is 0.678. The molecular weight excluding hydrogens is 284 g/mol. The molecule has 1 aliphatic heterocycles. The van der Waals surface area contributed by atoms with Crippen LogP contribution < -0.4 is 0 Å². The molecule has 3 rings (SSSR count). The maximum Gasteiger partial charge on any atom is 0.148 e. The van der Waals surface area contributed by atoms with Crippen LogP contribution in [0.15, 0.2) is 23.3 Å². The molecule has 2 heteroatoms. The Balaban J connectivity index is 1.81. The minimum Gasteiger partial charge on any atom is -0.367 e. The molecular formula is C21H32O2. The number of fused-ring (bicyclic) bond motifs is 1. The standard InChI is InChI=1S/C21H32O2/c1-14-10-18-19(21(4,5)9-8-20(18,2)3)12-15(14)11-16-6-7-17(13-22)23-16/h10,12-13,16-19H,6-9,11H2,1-5H3/t16-,17+,18?,19-/m0/s1. The smallest absolute Gasteiger partial charge is 0.148 e. The summed E-state index contributed by atoms with van der Waals surface area (Å²) in [6.07, 6.45) is 11.6. The number of carbonyl (C=O) groups excluding carboxylic acids is 1. The van der Waals surface area contributed by atoms with E-state index in [0.717, 1.165) is 25.5 Å². The first-order valence-corrected chi connectivity index (χ1v) is 9.23. The van der Waals surface area contributed by atoms with Crippen molar-refractivity contribution in [3.05, 3.63) is 23.3 Å². The van der Waals surface area contributed by atoms with Gasteiger partial charge in [-0.2, -0.15) is 0 Å². The highest BCUT2D eigenvalue weighted by Crippen LogP contribution is 2.56. The van der Waals surface area contributed by atoms with Crippen molar-refractivity contribution < 1.29 is 9.53 Å². The molecule has 128 valence electrons. The van der Waals surface area contributed by atoms with Gasteiger partial charge in [0.15, 0.2) is 0 Å². The van der Waals surface area contributed by atoms with Crippen LogP contribution in [0.2, 0.25) is 0 Å². The van der Waals surface area contributed by atoms with Gasteiger partial charge in [0.05, 0.1) is 6.10 Å². The molecule has 1 heterocycles. The minimum absolute atomic E-state index is 0.175. The Bertz CT molecular complexity index is 538. The SMILES string of the molecule is CC1=CC2[C@H](C=C1C[C@@H]1CC[C@H](C=O)O1)C(C)(C)CCC2(C)C. The van der Waals surface area contributed by atoms with Gasteiger partial charge in [0.25, 0.3) is 0 Å². The molecule has 0 N–H and O–H groups in total. The molecule has 2 fully saturated rings. The number of allylic oxidation sites excluding steroid dienone is 3. The summed E-state index contributed by atoms with van der Waals surface area (Å²) in [5, 5.41) is 0. The van der Waals surface area contributed by atoms with Gasteiger partial charge in [-0.1, -0.05) is 45.4 Å². The van der Waals surface area contributed by atoms with Crippen molar-refractivity contribution in [2.75, 3.05) is 0 Å². The Hall–Kier alpha value is -0.890. The van der Waals surface area contributed by atoms with E-state index in [1.807, 2.05) is 0 Å². The highest BCUT2D eigenvalue weighted by molar-refractivity contribution is 5.56. The molecule has 0 radical (unpaired) electrons. The van der Waals surface area contributed by atoms with Gasteiger partial charge in [-0.15, -0.1) is 0 Å². The Kier molecular flexibility index (Phi) is 4.33. The van der Waals surface area contributed by atoms with Gasteiger partial charge in [0, 0.05) is 0 Å². The van der Waals surface area contributed by atoms with Gasteiger partial charge in [0.1, 0.15) is 12.4 Å². The van der Waals surface area contributed by atoms with E-state index in [1.54, 1.807) is 0 Å². The second-order valence-corrected chi connectivity index (χ2v) is 9.28. The molecule has 0 aromatic rings. The molecule has 0 spiro atoms. The summed E-state index contributed by atoms with van der Waals surface area (Å²) in [4.78, 5) is 10.9. The van der Waals surface area contributed by atoms with Crippen LogP contribution in [-0.4, -0.2) is 18.5 Å². The number of aldehydes is 1. The second-order valence-electron chi connectivity index (χ2n) is 9.28. The van der Waals surface area contributed by atoms with Crippen LogP contribution in [0.1, 0.15) is 66.7 Å². The van der Waals surface area contributed by atoms with Gasteiger partial charge in [-0.05, 0) is 67.3 Å². The normalized spacial score (nSPS) is 38.5. The van der Waals surface area contributed by atoms with E-state index in [4.69, 9.17) is 4.74 Å². The van der Waals surface area contributed by atoms with Gasteiger partial charge < -0.3 is 9.53 Å². The van der Waals surface area contributed by atoms with Crippen LogP contribution in [0.25, 0.3) is 0 Å². The zero-order valence-corrected chi connectivity index (χ0v) is 15.4. The largest absolute Gasteiger partial charge is 0.367 e. The molecule has 0 amide bonds. The number of carbonyl (C=O) groups is 1. The first-order chi connectivity index (χ1) is 10.7. The molecule has 2 nitrogen and oxygen atoms in total. The summed E-state index contributed by atoms with van der Waals surface area (Å²) in [6, 6.07) is 0. The van der Waals surface area contributed by atoms with Crippen LogP contribution >= 0.6 is 0 Å². The van der Waals surface area contributed by atoms with E-state index in [1.165, 1.54) is 24.0 Å². The maximum atomic E-state index is 10.9. The summed E-state index contributed by atoms with van der Waals surface area (Å²) in [5.74, 6) is 1.26. The summed E-state index contributed by atoms with van der Waals surface area (Å²) in [5.41, 5.74) is 3.63. The summed E-state index contributed by atoms with van der Waals surface area (Å²) in [6.45, 7) is 12.0. The molecule has 2 aliphatic carbocycles. The minimum atomic E-state index is -0.175. The third-order valence-corrected chi connectivity index (χ3v) is 6.66. The number of ether oxygens (including phenoxy) is 1. The maximum absolute atomic E-state index is 10.9. The van der Waals surface area contributed by atoms with Gasteiger partial charge in [-0.3, -0.25) is 0 Å². The lowest BCUT2D eigenvalue weighted by atomic mass is 9.52. The van der Waals surface area contributed by atoms with Crippen molar-refractivity contribution in [1.29, 1.82) is 0 Å². The fraction of sp³-hybridized carbons (Fsp3) is 0.762. The van der Waals surface area contributed by atoms with Gasteiger partial charge in [0.2, 0.25) is 0 Å². The monoisotopic (exact) mass is 316 g/mol. The predicted molar refractivity (Wildman–Crippen MR) is 94.2 cm³/mol. The summed E-state index contributed by atoms with van der Waals surface area (Å²) in [7, 11) is 0. The van der Waals surface area contributed by atoms with Crippen molar-refractivity contribution in [2.24, 2.45) is 22.7 Å². The van der Waals surface area contributed by atoms with Crippen LogP contribution in [-0.2, 0) is 9.53 Å². The van der Waals surface area contributed by atoms with Crippen molar-refractivity contribution >= 4 is 6.29 Å². The van der Waals surface area contributed by atoms with Crippen molar-refractivity contribution in [3.8, 4) is 0 Å². The topological polar surface area (TPSA) is 26.3 Å². The third-order valence-electron chi connectivity index (χ3n) is 6.66. The molecule has 0 aromatic carbocycles. The Morgan fingerprint density at radius 2 is 1.70 bits per heavy atom. The fourth-order valence-electron chi connectivity index (χ4n) is 4.79. The lowest BCUT2D eigenvalue weighted by molar-refractivity contribution is -0.117. The van der Waals surface area contributed by atoms with E-state index < -0.39 is 0 Å². The zero-order valence-electron chi connectivity index (χ0n) is 15.4. The molecule has 0 bridgehead atoms. The second kappa shape index (κ2) is 5.88. The van der Waals surface area contributed by atoms with Gasteiger partial charge in [-0.25, -0.2) is 0 Å². The van der Waals surface area contributed by atoms with Crippen molar-refractivity contribution in [1.82, 2.24) is 0 Å². The van der Waals surface area contributed by atoms with Crippen LogP contribution in [0.5, 0.6) is 0 Å². The first-order valence-electron chi connectivity index (χ1n) is 9.23. The van der Waals surface area contributed by atoms with E-state index in [0.29, 0.717) is 22.7 Å². The van der Waals surface area contributed by atoms with E-state index in [-0.39, 0.29) is 12.2 Å². The highest BCUT2D eigenvalue weighted by Gasteiger charge is 2.47. The number of hydrogen-bond acceptors (Lipinski definition) is 2. The van der Waals surface area contributed by atoms with E-state index in [9.17, 15) is 4.79 Å². The molecule has 1 saturated carbocycles. The Labute approximate surface area is 141 Å². The predicted octanol–water partition coefficient (Wildman–Crippen LogP) is 5.09. The van der Waals surface area contributed by atoms with Crippen molar-refractivity contribution in [3.63, 3.8) is 0 Å². The van der Waals surface area contributed by atoms with E-state index >= 15 is 0 Å². The van der Waals surface area contributed by atoms with Crippen LogP contribution in [0.3, 0.4) is 0 Å². The average molecular weight is 316 g/mol. The first kappa shape index (κ1) is 17.0. The molecule has 0 aromatic heterocycles. The molecule has 1 saturated heterocycles. The zero-order chi connectivity index (χ0) is 16.8. The molecule has 4 atom stereocenters. The number of hydrogen-bond donors (Lipinski definition) is 0. The van der Waals surface area contributed by atoms with Crippen molar-refractivity contribution in [2.45, 2.75) is 78.9 Å². The third kappa shape index (κ3) is 3.20. The lowest BCUT2D eigenvalue weighted by Gasteiger charge is -2.52.